The molecule has 3 heterocycles. The standard InChI is InChI=1S/C22H23F3N6O3/c1-14-18-11-15(12-26-20(18)29-21(27-14)31-9-7-30(2)8-10-31)28-19(32)13-33-16-3-5-17(6-4-16)34-22(23,24)25/h3-6,11-12H,7-10,13H2,1-2H3,(H,28,32). The van der Waals surface area contributed by atoms with Crippen LogP contribution >= 0.6 is 0 Å². The zero-order valence-electron chi connectivity index (χ0n) is 18.6. The lowest BCUT2D eigenvalue weighted by atomic mass is 10.2. The summed E-state index contributed by atoms with van der Waals surface area (Å²) < 4.78 is 45.8. The Balaban J connectivity index is 1.36. The van der Waals surface area contributed by atoms with Crippen molar-refractivity contribution in [1.29, 1.82) is 0 Å². The van der Waals surface area contributed by atoms with Gasteiger partial charge in [0.2, 0.25) is 5.95 Å². The Morgan fingerprint density at radius 1 is 1.09 bits per heavy atom. The molecule has 1 saturated heterocycles. The number of aryl methyl sites for hydroxylation is 1. The molecule has 1 aliphatic rings. The number of nitrogens with one attached hydrogen (secondary N) is 1. The van der Waals surface area contributed by atoms with Gasteiger partial charge < -0.3 is 24.6 Å². The first-order valence-corrected chi connectivity index (χ1v) is 10.5. The Morgan fingerprint density at radius 2 is 1.76 bits per heavy atom. The number of piperazine rings is 1. The Morgan fingerprint density at radius 3 is 2.44 bits per heavy atom. The first kappa shape index (κ1) is 23.5. The normalized spacial score (nSPS) is 14.8. The van der Waals surface area contributed by atoms with E-state index in [0.29, 0.717) is 17.3 Å². The highest BCUT2D eigenvalue weighted by Crippen LogP contribution is 2.25. The zero-order chi connectivity index (χ0) is 24.3. The summed E-state index contributed by atoms with van der Waals surface area (Å²) in [6.07, 6.45) is -3.27. The van der Waals surface area contributed by atoms with Crippen LogP contribution in [0.5, 0.6) is 11.5 Å². The molecular weight excluding hydrogens is 453 g/mol. The number of nitrogens with zero attached hydrogens (tertiary/aromatic N) is 5. The molecular formula is C22H23F3N6O3. The maximum absolute atomic E-state index is 12.3. The van der Waals surface area contributed by atoms with Gasteiger partial charge in [0.05, 0.1) is 17.6 Å². The van der Waals surface area contributed by atoms with Crippen molar-refractivity contribution in [2.24, 2.45) is 0 Å². The van der Waals surface area contributed by atoms with Crippen LogP contribution < -0.4 is 19.7 Å². The second kappa shape index (κ2) is 9.67. The second-order valence-electron chi connectivity index (χ2n) is 7.85. The average molecular weight is 476 g/mol. The highest BCUT2D eigenvalue weighted by molar-refractivity contribution is 5.94. The predicted octanol–water partition coefficient (Wildman–Crippen LogP) is 3.00. The summed E-state index contributed by atoms with van der Waals surface area (Å²) in [5.41, 5.74) is 1.74. The van der Waals surface area contributed by atoms with Gasteiger partial charge in [-0.3, -0.25) is 4.79 Å². The Bertz CT molecular complexity index is 1160. The topological polar surface area (TPSA) is 92.7 Å². The fraction of sp³-hybridized carbons (Fsp3) is 0.364. The zero-order valence-corrected chi connectivity index (χ0v) is 18.6. The van der Waals surface area contributed by atoms with E-state index in [1.807, 2.05) is 6.92 Å². The van der Waals surface area contributed by atoms with Crippen molar-refractivity contribution in [2.75, 3.05) is 50.1 Å². The number of anilines is 2. The van der Waals surface area contributed by atoms with Crippen molar-refractivity contribution in [3.05, 3.63) is 42.2 Å². The number of rotatable bonds is 6. The van der Waals surface area contributed by atoms with Gasteiger partial charge in [-0.15, -0.1) is 13.2 Å². The molecule has 1 amide bonds. The van der Waals surface area contributed by atoms with Gasteiger partial charge in [0.15, 0.2) is 12.3 Å². The minimum atomic E-state index is -4.77. The van der Waals surface area contributed by atoms with Crippen LogP contribution in [0.25, 0.3) is 11.0 Å². The fourth-order valence-electron chi connectivity index (χ4n) is 3.44. The molecule has 1 fully saturated rings. The van der Waals surface area contributed by atoms with E-state index in [9.17, 15) is 18.0 Å². The van der Waals surface area contributed by atoms with Gasteiger partial charge >= 0.3 is 6.36 Å². The van der Waals surface area contributed by atoms with Gasteiger partial charge in [-0.05, 0) is 44.3 Å². The lowest BCUT2D eigenvalue weighted by Gasteiger charge is -2.32. The van der Waals surface area contributed by atoms with Crippen LogP contribution in [-0.4, -0.2) is 72.0 Å². The molecule has 1 N–H and O–H groups in total. The number of benzene rings is 1. The third kappa shape index (κ3) is 6.01. The quantitative estimate of drug-likeness (QED) is 0.581. The van der Waals surface area contributed by atoms with Gasteiger partial charge in [-0.1, -0.05) is 0 Å². The van der Waals surface area contributed by atoms with E-state index in [0.717, 1.165) is 49.4 Å². The summed E-state index contributed by atoms with van der Waals surface area (Å²) in [6, 6.07) is 6.52. The minimum Gasteiger partial charge on any atom is -0.484 e. The maximum Gasteiger partial charge on any atom is 0.573 e. The number of carbonyl (C=O) groups is 1. The first-order chi connectivity index (χ1) is 16.2. The first-order valence-electron chi connectivity index (χ1n) is 10.5. The molecule has 180 valence electrons. The van der Waals surface area contributed by atoms with E-state index in [4.69, 9.17) is 4.74 Å². The van der Waals surface area contributed by atoms with Crippen molar-refractivity contribution in [1.82, 2.24) is 19.9 Å². The number of ether oxygens (including phenoxy) is 2. The van der Waals surface area contributed by atoms with Crippen LogP contribution in [0.15, 0.2) is 36.5 Å². The van der Waals surface area contributed by atoms with E-state index in [2.05, 4.69) is 41.9 Å². The molecule has 0 atom stereocenters. The molecule has 0 bridgehead atoms. The number of hydrogen-bond acceptors (Lipinski definition) is 8. The number of hydrogen-bond donors (Lipinski definition) is 1. The molecule has 9 nitrogen and oxygen atoms in total. The van der Waals surface area contributed by atoms with Crippen LogP contribution in [0.2, 0.25) is 0 Å². The third-order valence-corrected chi connectivity index (χ3v) is 5.23. The van der Waals surface area contributed by atoms with E-state index < -0.39 is 12.3 Å². The van der Waals surface area contributed by atoms with Crippen molar-refractivity contribution >= 4 is 28.6 Å². The van der Waals surface area contributed by atoms with Crippen molar-refractivity contribution in [2.45, 2.75) is 13.3 Å². The lowest BCUT2D eigenvalue weighted by molar-refractivity contribution is -0.274. The number of halogens is 3. The molecule has 12 heteroatoms. The molecule has 2 aromatic heterocycles. The molecule has 34 heavy (non-hydrogen) atoms. The van der Waals surface area contributed by atoms with Crippen molar-refractivity contribution in [3.8, 4) is 11.5 Å². The summed E-state index contributed by atoms with van der Waals surface area (Å²) in [5, 5.41) is 3.40. The van der Waals surface area contributed by atoms with Crippen LogP contribution in [0.3, 0.4) is 0 Å². The largest absolute Gasteiger partial charge is 0.573 e. The fourth-order valence-corrected chi connectivity index (χ4v) is 3.44. The molecule has 1 aliphatic heterocycles. The Labute approximate surface area is 193 Å². The van der Waals surface area contributed by atoms with E-state index in [1.165, 1.54) is 18.3 Å². The molecule has 0 unspecified atom stereocenters. The summed E-state index contributed by atoms with van der Waals surface area (Å²) in [4.78, 5) is 30.2. The maximum atomic E-state index is 12.3. The van der Waals surface area contributed by atoms with Gasteiger partial charge in [-0.2, -0.15) is 4.98 Å². The highest BCUT2D eigenvalue weighted by Gasteiger charge is 2.31. The number of aromatic nitrogens is 3. The third-order valence-electron chi connectivity index (χ3n) is 5.23. The number of amides is 1. The summed E-state index contributed by atoms with van der Waals surface area (Å²) in [7, 11) is 2.08. The van der Waals surface area contributed by atoms with Crippen LogP contribution in [0.1, 0.15) is 5.69 Å². The van der Waals surface area contributed by atoms with Gasteiger partial charge in [0.25, 0.3) is 5.91 Å². The van der Waals surface area contributed by atoms with Gasteiger partial charge in [0, 0.05) is 31.6 Å². The molecule has 4 rings (SSSR count). The predicted molar refractivity (Wildman–Crippen MR) is 119 cm³/mol. The highest BCUT2D eigenvalue weighted by atomic mass is 19.4. The monoisotopic (exact) mass is 476 g/mol. The average Bonchev–Trinajstić information content (AvgIpc) is 2.78. The number of carbonyl (C=O) groups excluding carboxylic acids is 1. The summed E-state index contributed by atoms with van der Waals surface area (Å²) >= 11 is 0. The number of fused-ring (bicyclic) bond motifs is 1. The SMILES string of the molecule is Cc1nc(N2CCN(C)CC2)nc2ncc(NC(=O)COc3ccc(OC(F)(F)F)cc3)cc12. The molecule has 0 saturated carbocycles. The Kier molecular flexibility index (Phi) is 6.68. The number of pyridine rings is 1. The summed E-state index contributed by atoms with van der Waals surface area (Å²) in [6.45, 7) is 5.08. The van der Waals surface area contributed by atoms with Gasteiger partial charge in [0.1, 0.15) is 11.5 Å². The number of alkyl halides is 3. The minimum absolute atomic E-state index is 0.224. The van der Waals surface area contributed by atoms with E-state index in [-0.39, 0.29) is 18.1 Å². The molecule has 0 spiro atoms. The molecule has 3 aromatic rings. The van der Waals surface area contributed by atoms with Crippen LogP contribution in [0, 0.1) is 6.92 Å². The number of likely N-dealkylation sites (N-methyl/N-ethyl adjacent to an activating group) is 1. The van der Waals surface area contributed by atoms with Crippen LogP contribution in [-0.2, 0) is 4.79 Å². The lowest BCUT2D eigenvalue weighted by Crippen LogP contribution is -2.45. The Hall–Kier alpha value is -3.67. The smallest absolute Gasteiger partial charge is 0.484 e. The molecule has 0 radical (unpaired) electrons. The second-order valence-corrected chi connectivity index (χ2v) is 7.85. The van der Waals surface area contributed by atoms with Crippen molar-refractivity contribution in [3.63, 3.8) is 0 Å². The van der Waals surface area contributed by atoms with E-state index >= 15 is 0 Å². The molecule has 0 aliphatic carbocycles. The van der Waals surface area contributed by atoms with Gasteiger partial charge in [-0.25, -0.2) is 9.97 Å². The van der Waals surface area contributed by atoms with Crippen molar-refractivity contribution < 1.29 is 27.4 Å². The van der Waals surface area contributed by atoms with E-state index in [1.54, 1.807) is 6.07 Å². The molecule has 1 aromatic carbocycles. The summed E-state index contributed by atoms with van der Waals surface area (Å²) in [5.74, 6) is 0.0359. The van der Waals surface area contributed by atoms with Crippen LogP contribution in [0.4, 0.5) is 24.8 Å².